The van der Waals surface area contributed by atoms with Crippen LogP contribution in [0.15, 0.2) is 50.6 Å². The van der Waals surface area contributed by atoms with Crippen LogP contribution in [0.5, 0.6) is 0 Å². The Kier molecular flexibility index (Phi) is 26.4. The highest BCUT2D eigenvalue weighted by Gasteiger charge is 2.46. The number of aliphatic hydroxyl groups is 2. The van der Waals surface area contributed by atoms with Crippen LogP contribution in [-0.2, 0) is 54.4 Å². The molecule has 2 saturated heterocycles. The quantitative estimate of drug-likeness (QED) is 0.0191. The zero-order chi connectivity index (χ0) is 61.6. The number of hydrogen-bond donors (Lipinski definition) is 15. The Morgan fingerprint density at radius 1 is 0.798 bits per heavy atom. The molecule has 9 atom stereocenters. The lowest BCUT2D eigenvalue weighted by Gasteiger charge is -2.33. The molecular formula is C52H79N17O13S2. The Hall–Kier alpha value is -7.65. The van der Waals surface area contributed by atoms with Gasteiger partial charge in [0, 0.05) is 54.5 Å². The number of thiophene rings is 1. The van der Waals surface area contributed by atoms with Gasteiger partial charge in [-0.25, -0.2) is 4.79 Å². The number of hydrogen-bond acceptors (Lipinski definition) is 18. The third-order valence-corrected chi connectivity index (χ3v) is 16.0. The van der Waals surface area contributed by atoms with Crippen LogP contribution in [0, 0.1) is 6.92 Å². The van der Waals surface area contributed by atoms with E-state index in [0.29, 0.717) is 47.7 Å². The summed E-state index contributed by atoms with van der Waals surface area (Å²) in [5, 5.41) is 48.0. The van der Waals surface area contributed by atoms with Crippen molar-refractivity contribution in [2.24, 2.45) is 44.4 Å². The lowest BCUT2D eigenvalue weighted by atomic mass is 10.1. The molecule has 30 nitrogen and oxygen atoms in total. The fraction of sp³-hybridized carbons (Fsp3) is 0.577. The van der Waals surface area contributed by atoms with E-state index < -0.39 is 133 Å². The Bertz CT molecular complexity index is 2710. The second-order valence-electron chi connectivity index (χ2n) is 20.5. The Morgan fingerprint density at radius 3 is 2.12 bits per heavy atom. The largest absolute Gasteiger partial charge is 0.480 e. The molecule has 1 aromatic carbocycles. The molecule has 462 valence electrons. The summed E-state index contributed by atoms with van der Waals surface area (Å²) in [6.07, 6.45) is 1.29. The number of benzene rings is 1. The fourth-order valence-electron chi connectivity index (χ4n) is 9.69. The molecular weight excluding hydrogens is 1130 g/mol. The number of guanidine groups is 2. The van der Waals surface area contributed by atoms with E-state index in [1.54, 1.807) is 35.7 Å². The highest BCUT2D eigenvalue weighted by atomic mass is 32.2. The minimum Gasteiger partial charge on any atom is -0.480 e. The van der Waals surface area contributed by atoms with E-state index in [9.17, 15) is 63.3 Å². The van der Waals surface area contributed by atoms with Crippen LogP contribution in [0.2, 0.25) is 0 Å². The van der Waals surface area contributed by atoms with E-state index in [1.165, 1.54) is 28.0 Å². The van der Waals surface area contributed by atoms with Crippen LogP contribution in [0.1, 0.15) is 74.6 Å². The van der Waals surface area contributed by atoms with E-state index in [4.69, 9.17) is 34.4 Å². The van der Waals surface area contributed by atoms with E-state index in [1.807, 2.05) is 6.92 Å². The van der Waals surface area contributed by atoms with Gasteiger partial charge in [0.25, 0.3) is 5.91 Å². The number of likely N-dealkylation sites (tertiary alicyclic amines) is 2. The maximum Gasteiger partial charge on any atom is 0.326 e. The summed E-state index contributed by atoms with van der Waals surface area (Å²) in [7, 11) is 0. The summed E-state index contributed by atoms with van der Waals surface area (Å²) < 4.78 is 0. The maximum absolute atomic E-state index is 14.3. The number of amides is 9. The van der Waals surface area contributed by atoms with Gasteiger partial charge in [0.05, 0.1) is 31.0 Å². The minimum atomic E-state index is -1.68. The number of carbonyl (C=O) groups excluding carboxylic acids is 9. The number of aryl methyl sites for hydroxylation is 1. The second kappa shape index (κ2) is 33.0. The van der Waals surface area contributed by atoms with E-state index in [-0.39, 0.29) is 88.8 Å². The van der Waals surface area contributed by atoms with Gasteiger partial charge in [-0.05, 0) is 94.0 Å². The van der Waals surface area contributed by atoms with Gasteiger partial charge in [-0.2, -0.15) is 0 Å². The van der Waals surface area contributed by atoms with Crippen molar-refractivity contribution in [3.8, 4) is 0 Å². The molecule has 21 N–H and O–H groups in total. The summed E-state index contributed by atoms with van der Waals surface area (Å²) >= 11 is 2.44. The topological polar surface area (TPSA) is 494 Å². The number of nitrogens with two attached hydrogens (primary N) is 6. The van der Waals surface area contributed by atoms with Gasteiger partial charge in [-0.15, -0.1) is 23.1 Å². The third kappa shape index (κ3) is 20.0. The standard InChI is InChI=1S/C52H79N17O13S2/c1-28-13-14-37-40(20-28)84-27-36(48(79)69(37)25-42(73)62-33(50(81)82)11-5-17-60-52(57)58)66-45(76)35(26-70)65-44(75)34(22-30-8-7-19-83-30)63-41(72)23-61-46(77)39-21-29(71)24-68(39)49(80)38-12-6-18-67(38)47(78)32(10-4-16-59-51(55)56)64-43(74)31(54)9-2-3-15-53/h7-8,13-14,19-20,29,31-36,38-39,70-71H,2-6,9-12,15-18,21-27,53-54H2,1H3,(H,61,77)(H,62,73)(H,63,72)(H,64,74)(H,65,75)(H,66,76)(H,81,82)(H4,55,56,59)(H4,57,58,60)/t29-,31-,32-,33+,34+,35+,36-,38+,39+/m1/s1. The predicted molar refractivity (Wildman–Crippen MR) is 311 cm³/mol. The third-order valence-electron chi connectivity index (χ3n) is 14.0. The molecule has 4 heterocycles. The predicted octanol–water partition coefficient (Wildman–Crippen LogP) is -5.13. The average Bonchev–Trinajstić information content (AvgIpc) is 4.01. The Balaban J connectivity index is 1.23. The molecule has 3 aliphatic rings. The molecule has 0 aliphatic carbocycles. The highest BCUT2D eigenvalue weighted by Crippen LogP contribution is 2.35. The first-order chi connectivity index (χ1) is 40.0. The summed E-state index contributed by atoms with van der Waals surface area (Å²) in [4.78, 5) is 149. The fourth-order valence-corrected chi connectivity index (χ4v) is 11.6. The van der Waals surface area contributed by atoms with Crippen molar-refractivity contribution in [2.75, 3.05) is 63.1 Å². The Labute approximate surface area is 493 Å². The maximum atomic E-state index is 14.3. The lowest BCUT2D eigenvalue weighted by Crippen LogP contribution is -2.59. The van der Waals surface area contributed by atoms with Crippen molar-refractivity contribution in [2.45, 2.75) is 137 Å². The Morgan fingerprint density at radius 2 is 1.48 bits per heavy atom. The van der Waals surface area contributed by atoms with Gasteiger partial charge in [-0.1, -0.05) is 18.6 Å². The molecule has 2 fully saturated rings. The van der Waals surface area contributed by atoms with Crippen molar-refractivity contribution in [3.05, 3.63) is 46.2 Å². The number of nitrogens with one attached hydrogen (secondary N) is 6. The van der Waals surface area contributed by atoms with E-state index >= 15 is 0 Å². The molecule has 0 saturated carbocycles. The first-order valence-corrected chi connectivity index (χ1v) is 29.4. The average molecular weight is 1210 g/mol. The number of nitrogens with zero attached hydrogens (tertiary/aromatic N) is 5. The van der Waals surface area contributed by atoms with Gasteiger partial charge in [0.1, 0.15) is 48.8 Å². The molecule has 0 bridgehead atoms. The molecule has 1 aromatic heterocycles. The molecule has 32 heteroatoms. The molecule has 84 heavy (non-hydrogen) atoms. The zero-order valence-electron chi connectivity index (χ0n) is 46.7. The molecule has 9 amide bonds. The van der Waals surface area contributed by atoms with Gasteiger partial charge in [0.15, 0.2) is 11.9 Å². The van der Waals surface area contributed by atoms with Crippen molar-refractivity contribution in [3.63, 3.8) is 0 Å². The smallest absolute Gasteiger partial charge is 0.326 e. The zero-order valence-corrected chi connectivity index (χ0v) is 48.4. The number of β-amino-alcohol motifs (C(OH)–C–C–N with tert-alkyl or cyclic N) is 1. The SMILES string of the molecule is Cc1ccc2c(c1)SC[C@@H](NC(=O)[C@H](CO)NC(=O)[C@H](Cc1cccs1)NC(=O)CNC(=O)[C@@H]1C[C@@H](O)CN1C(=O)[C@@H]1CCCN1C(=O)[C@@H](CCCN=C(N)N)NC(=O)[C@H](N)CCCCN)C(=O)N2CC(=O)N[C@@H](CCCN=C(N)N)C(=O)O. The normalized spacial score (nSPS) is 19.2. The molecule has 0 unspecified atom stereocenters. The second-order valence-corrected chi connectivity index (χ2v) is 22.6. The van der Waals surface area contributed by atoms with Crippen molar-refractivity contribution >= 4 is 99.8 Å². The van der Waals surface area contributed by atoms with Crippen LogP contribution in [0.25, 0.3) is 0 Å². The number of fused-ring (bicyclic) bond motifs is 1. The van der Waals surface area contributed by atoms with Gasteiger partial charge >= 0.3 is 5.97 Å². The van der Waals surface area contributed by atoms with Gasteiger partial charge in [0.2, 0.25) is 47.3 Å². The molecule has 3 aliphatic heterocycles. The number of aliphatic imine (C=N–C) groups is 2. The molecule has 0 spiro atoms. The highest BCUT2D eigenvalue weighted by molar-refractivity contribution is 7.99. The van der Waals surface area contributed by atoms with Crippen molar-refractivity contribution in [1.29, 1.82) is 0 Å². The number of anilines is 1. The number of aliphatic carboxylic acids is 1. The van der Waals surface area contributed by atoms with Crippen molar-refractivity contribution in [1.82, 2.24) is 41.7 Å². The first-order valence-electron chi connectivity index (χ1n) is 27.6. The number of carbonyl (C=O) groups is 10. The number of thioether (sulfide) groups is 1. The van der Waals surface area contributed by atoms with Crippen LogP contribution in [0.3, 0.4) is 0 Å². The molecule has 2 aromatic rings. The summed E-state index contributed by atoms with van der Waals surface area (Å²) in [5.74, 6) is -8.70. The number of unbranched alkanes of at least 4 members (excludes halogenated alkanes) is 1. The van der Waals surface area contributed by atoms with Gasteiger partial charge < -0.3 is 96.3 Å². The number of rotatable bonds is 31. The summed E-state index contributed by atoms with van der Waals surface area (Å²) in [5.41, 5.74) is 34.5. The van der Waals surface area contributed by atoms with E-state index in [0.717, 1.165) is 15.4 Å². The van der Waals surface area contributed by atoms with Crippen LogP contribution in [-0.4, -0.2) is 209 Å². The lowest BCUT2D eigenvalue weighted by molar-refractivity contribution is -0.148. The first kappa shape index (κ1) is 67.1. The van der Waals surface area contributed by atoms with Crippen molar-refractivity contribution < 1.29 is 63.3 Å². The van der Waals surface area contributed by atoms with E-state index in [2.05, 4.69) is 41.9 Å². The van der Waals surface area contributed by atoms with Crippen LogP contribution >= 0.6 is 23.1 Å². The number of carboxylic acids is 1. The monoisotopic (exact) mass is 1210 g/mol. The van der Waals surface area contributed by atoms with Crippen LogP contribution < -0.4 is 71.2 Å². The number of carboxylic acid groups (broad SMARTS) is 1. The number of aliphatic hydroxyl groups excluding tert-OH is 2. The molecule has 5 rings (SSSR count). The summed E-state index contributed by atoms with van der Waals surface area (Å²) in [6, 6.07) is -1.68. The van der Waals surface area contributed by atoms with Crippen LogP contribution in [0.4, 0.5) is 5.69 Å². The molecule has 0 radical (unpaired) electrons. The minimum absolute atomic E-state index is 0.0352. The summed E-state index contributed by atoms with van der Waals surface area (Å²) in [6.45, 7) is 0.0399. The van der Waals surface area contributed by atoms with Gasteiger partial charge in [-0.3, -0.25) is 53.1 Å².